The van der Waals surface area contributed by atoms with Crippen LogP contribution in [0.4, 0.5) is 8.78 Å². The van der Waals surface area contributed by atoms with Crippen molar-refractivity contribution in [2.45, 2.75) is 31.7 Å². The summed E-state index contributed by atoms with van der Waals surface area (Å²) in [4.78, 5) is 6.97. The molecule has 200 valence electrons. The number of aliphatic hydroxyl groups is 2. The summed E-state index contributed by atoms with van der Waals surface area (Å²) < 4.78 is 41.7. The number of halogens is 2. The van der Waals surface area contributed by atoms with E-state index in [1.165, 1.54) is 6.07 Å². The molecule has 0 radical (unpaired) electrons. The lowest BCUT2D eigenvalue weighted by Gasteiger charge is -2.31. The normalized spacial score (nSPS) is 19.5. The zero-order valence-corrected chi connectivity index (χ0v) is 21.0. The average Bonchev–Trinajstić information content (AvgIpc) is 3.55. The Hall–Kier alpha value is -4.12. The van der Waals surface area contributed by atoms with Crippen molar-refractivity contribution in [2.24, 2.45) is 0 Å². The molecule has 3 heterocycles. The van der Waals surface area contributed by atoms with Crippen LogP contribution in [0, 0.1) is 18.6 Å². The van der Waals surface area contributed by atoms with Gasteiger partial charge in [-0.05, 0) is 35.2 Å². The second kappa shape index (κ2) is 10.2. The summed E-state index contributed by atoms with van der Waals surface area (Å²) in [7, 11) is 0. The number of aromatic amines is 2. The molecule has 1 fully saturated rings. The maximum Gasteiger partial charge on any atom is 0.295 e. The van der Waals surface area contributed by atoms with Crippen LogP contribution in [0.15, 0.2) is 60.7 Å². The third-order valence-electron chi connectivity index (χ3n) is 6.94. The molecule has 1 aliphatic rings. The van der Waals surface area contributed by atoms with Gasteiger partial charge in [0.1, 0.15) is 23.5 Å². The molecule has 39 heavy (non-hydrogen) atoms. The number of aromatic nitrogens is 4. The molecule has 0 saturated carbocycles. The van der Waals surface area contributed by atoms with Gasteiger partial charge in [-0.15, -0.1) is 0 Å². The molecular formula is C29H26F2N4O4. The van der Waals surface area contributed by atoms with Gasteiger partial charge in [0, 0.05) is 12.5 Å². The second-order valence-electron chi connectivity index (χ2n) is 9.66. The Morgan fingerprint density at radius 2 is 1.67 bits per heavy atom. The minimum absolute atomic E-state index is 0.00668. The number of imidazole rings is 1. The number of hydrogen-bond donors (Lipinski definition) is 4. The highest BCUT2D eigenvalue weighted by atomic mass is 19.1. The van der Waals surface area contributed by atoms with E-state index in [2.05, 4.69) is 20.2 Å². The lowest BCUT2D eigenvalue weighted by Crippen LogP contribution is -2.45. The van der Waals surface area contributed by atoms with Gasteiger partial charge in [-0.1, -0.05) is 48.5 Å². The van der Waals surface area contributed by atoms with E-state index in [0.717, 1.165) is 28.1 Å². The van der Waals surface area contributed by atoms with E-state index in [9.17, 15) is 10.2 Å². The first-order chi connectivity index (χ1) is 18.9. The third-order valence-corrected chi connectivity index (χ3v) is 6.94. The number of aryl methyl sites for hydroxylation is 1. The maximum absolute atomic E-state index is 15.5. The zero-order chi connectivity index (χ0) is 27.1. The van der Waals surface area contributed by atoms with Crippen molar-refractivity contribution in [3.05, 3.63) is 78.0 Å². The van der Waals surface area contributed by atoms with Crippen LogP contribution in [-0.2, 0) is 4.74 Å². The topological polar surface area (TPSA) is 116 Å². The Balaban J connectivity index is 1.23. The fraction of sp³-hybridized carbons (Fsp3) is 0.241. The third kappa shape index (κ3) is 4.89. The smallest absolute Gasteiger partial charge is 0.295 e. The molecule has 6 rings (SSSR count). The van der Waals surface area contributed by atoms with Crippen molar-refractivity contribution in [1.29, 1.82) is 0 Å². The van der Waals surface area contributed by atoms with E-state index in [0.29, 0.717) is 5.56 Å². The summed E-state index contributed by atoms with van der Waals surface area (Å²) in [6.45, 7) is 1.75. The molecule has 0 aliphatic carbocycles. The number of nitrogens with one attached hydrogen (secondary N) is 2. The highest BCUT2D eigenvalue weighted by Crippen LogP contribution is 2.34. The Morgan fingerprint density at radius 3 is 2.28 bits per heavy atom. The van der Waals surface area contributed by atoms with Crippen LogP contribution in [0.1, 0.15) is 12.1 Å². The van der Waals surface area contributed by atoms with Gasteiger partial charge < -0.3 is 24.7 Å². The van der Waals surface area contributed by atoms with Crippen LogP contribution >= 0.6 is 0 Å². The van der Waals surface area contributed by atoms with E-state index in [-0.39, 0.29) is 42.2 Å². The number of fused-ring (bicyclic) bond motifs is 1. The van der Waals surface area contributed by atoms with Gasteiger partial charge in [-0.2, -0.15) is 10.1 Å². The molecule has 1 saturated heterocycles. The molecule has 10 heteroatoms. The molecule has 8 nitrogen and oxygen atoms in total. The quantitative estimate of drug-likeness (QED) is 0.251. The van der Waals surface area contributed by atoms with Crippen molar-refractivity contribution in [2.75, 3.05) is 13.2 Å². The standard InChI is InChI=1S/C29H26F2N4O4/c1-15-10-22(35-34-15)18-6-2-16(3-7-18)17-4-8-19(9-5-17)26-21(30)12-23-28(27(26)31)33-29(32-23)39-20-11-24(37)25(13-36)38-14-20/h2-10,12,20,24-25,36-37H,11,13-14H2,1H3,(H,32,33)(H,34,35)/t20-,24+,25-/m1/s1. The second-order valence-corrected chi connectivity index (χ2v) is 9.66. The van der Waals surface area contributed by atoms with Crippen molar-refractivity contribution in [3.63, 3.8) is 0 Å². The molecule has 5 aromatic rings. The van der Waals surface area contributed by atoms with Gasteiger partial charge in [0.25, 0.3) is 6.01 Å². The number of nitrogens with zero attached hydrogens (tertiary/aromatic N) is 2. The summed E-state index contributed by atoms with van der Waals surface area (Å²) in [5.74, 6) is -1.53. The van der Waals surface area contributed by atoms with Gasteiger partial charge >= 0.3 is 0 Å². The molecule has 4 N–H and O–H groups in total. The van der Waals surface area contributed by atoms with Gasteiger partial charge in [-0.25, -0.2) is 8.78 Å². The first-order valence-electron chi connectivity index (χ1n) is 12.6. The van der Waals surface area contributed by atoms with E-state index < -0.39 is 29.9 Å². The molecule has 0 unspecified atom stereocenters. The highest BCUT2D eigenvalue weighted by molar-refractivity contribution is 5.84. The molecule has 0 amide bonds. The first kappa shape index (κ1) is 25.2. The number of ether oxygens (including phenoxy) is 2. The van der Waals surface area contributed by atoms with Crippen LogP contribution in [0.5, 0.6) is 6.01 Å². The molecule has 1 aliphatic heterocycles. The minimum atomic E-state index is -0.902. The summed E-state index contributed by atoms with van der Waals surface area (Å²) >= 11 is 0. The summed E-state index contributed by atoms with van der Waals surface area (Å²) in [6, 6.07) is 18.1. The van der Waals surface area contributed by atoms with Crippen molar-refractivity contribution in [3.8, 4) is 39.5 Å². The van der Waals surface area contributed by atoms with Crippen LogP contribution in [0.3, 0.4) is 0 Å². The number of benzene rings is 3. The highest BCUT2D eigenvalue weighted by Gasteiger charge is 2.31. The lowest BCUT2D eigenvalue weighted by molar-refractivity contribution is -0.131. The predicted molar refractivity (Wildman–Crippen MR) is 141 cm³/mol. The summed E-state index contributed by atoms with van der Waals surface area (Å²) in [6.07, 6.45) is -1.92. The largest absolute Gasteiger partial charge is 0.459 e. The van der Waals surface area contributed by atoms with Gasteiger partial charge in [0.15, 0.2) is 5.82 Å². The molecule has 2 aromatic heterocycles. The summed E-state index contributed by atoms with van der Waals surface area (Å²) in [5, 5.41) is 26.4. The monoisotopic (exact) mass is 532 g/mol. The van der Waals surface area contributed by atoms with Crippen molar-refractivity contribution >= 4 is 11.0 Å². The number of aliphatic hydroxyl groups excluding tert-OH is 2. The Labute approximate surface area is 222 Å². The molecule has 0 bridgehead atoms. The fourth-order valence-corrected chi connectivity index (χ4v) is 4.87. The molecule has 0 spiro atoms. The van der Waals surface area contributed by atoms with Crippen molar-refractivity contribution in [1.82, 2.24) is 20.2 Å². The number of hydrogen-bond acceptors (Lipinski definition) is 6. The molecule has 3 aromatic carbocycles. The van der Waals surface area contributed by atoms with Gasteiger partial charge in [0.2, 0.25) is 0 Å². The first-order valence-corrected chi connectivity index (χ1v) is 12.6. The van der Waals surface area contributed by atoms with E-state index >= 15 is 8.78 Å². The zero-order valence-electron chi connectivity index (χ0n) is 21.0. The summed E-state index contributed by atoms with van der Waals surface area (Å²) in [5.41, 5.74) is 5.03. The van der Waals surface area contributed by atoms with E-state index in [1.807, 2.05) is 49.4 Å². The van der Waals surface area contributed by atoms with E-state index in [4.69, 9.17) is 9.47 Å². The van der Waals surface area contributed by atoms with Crippen LogP contribution in [0.2, 0.25) is 0 Å². The number of H-pyrrole nitrogens is 2. The average molecular weight is 533 g/mol. The van der Waals surface area contributed by atoms with Gasteiger partial charge in [-0.3, -0.25) is 5.10 Å². The fourth-order valence-electron chi connectivity index (χ4n) is 4.87. The predicted octanol–water partition coefficient (Wildman–Crippen LogP) is 4.76. The Morgan fingerprint density at radius 1 is 1.00 bits per heavy atom. The van der Waals surface area contributed by atoms with E-state index in [1.54, 1.807) is 12.1 Å². The lowest BCUT2D eigenvalue weighted by atomic mass is 9.98. The van der Waals surface area contributed by atoms with Crippen LogP contribution in [0.25, 0.3) is 44.5 Å². The SMILES string of the molecule is Cc1cc(-c2ccc(-c3ccc(-c4c(F)cc5[nH]c(O[C@H]6CO[C@H](CO)[C@@H](O)C6)nc5c4F)cc3)cc2)[nH]n1. The van der Waals surface area contributed by atoms with Crippen molar-refractivity contribution < 1.29 is 28.5 Å². The molecule has 3 atom stereocenters. The maximum atomic E-state index is 15.5. The number of rotatable bonds is 6. The Kier molecular flexibility index (Phi) is 6.59. The van der Waals surface area contributed by atoms with Crippen LogP contribution < -0.4 is 4.74 Å². The Bertz CT molecular complexity index is 1620. The molecular weight excluding hydrogens is 506 g/mol. The minimum Gasteiger partial charge on any atom is -0.459 e. The van der Waals surface area contributed by atoms with Gasteiger partial charge in [0.05, 0.1) is 41.8 Å². The van der Waals surface area contributed by atoms with Crippen LogP contribution in [-0.4, -0.2) is 61.9 Å².